The van der Waals surface area contributed by atoms with E-state index in [2.05, 4.69) is 0 Å². The summed E-state index contributed by atoms with van der Waals surface area (Å²) >= 11 is -4.75. The Morgan fingerprint density at radius 3 is 1.50 bits per heavy atom. The molecule has 0 aromatic rings. The van der Waals surface area contributed by atoms with Crippen LogP contribution in [-0.4, -0.2) is 14.0 Å². The van der Waals surface area contributed by atoms with Gasteiger partial charge in [-0.1, -0.05) is 0 Å². The van der Waals surface area contributed by atoms with Crippen LogP contribution in [0.15, 0.2) is 20.7 Å². The van der Waals surface area contributed by atoms with Gasteiger partial charge in [-0.2, -0.15) is 0 Å². The summed E-state index contributed by atoms with van der Waals surface area (Å²) < 4.78 is 2.82. The van der Waals surface area contributed by atoms with Crippen LogP contribution < -0.4 is 0 Å². The Morgan fingerprint density at radius 2 is 1.28 bits per heavy atom. The zero-order valence-corrected chi connectivity index (χ0v) is 14.8. The summed E-state index contributed by atoms with van der Waals surface area (Å²) in [6, 6.07) is 0. The molecule has 1 rings (SSSR count). The molecule has 0 bridgehead atoms. The van der Waals surface area contributed by atoms with Crippen molar-refractivity contribution in [1.29, 1.82) is 0 Å². The second-order valence-corrected chi connectivity index (χ2v) is 21.4. The number of allylic oxidation sites excluding steroid dienone is 4. The molecule has 0 aromatic heterocycles. The van der Waals surface area contributed by atoms with Gasteiger partial charge in [0, 0.05) is 0 Å². The van der Waals surface area contributed by atoms with Crippen LogP contribution in [0, 0.1) is 5.41 Å². The first kappa shape index (κ1) is 15.2. The molecule has 0 fully saturated rings. The van der Waals surface area contributed by atoms with Crippen LogP contribution in [0.4, 0.5) is 0 Å². The van der Waals surface area contributed by atoms with Gasteiger partial charge >= 0.3 is 109 Å². The molecule has 0 saturated carbocycles. The average molecular weight is 421 g/mol. The Hall–Kier alpha value is -0.822. The maximum atomic E-state index is 11.6. The van der Waals surface area contributed by atoms with Crippen molar-refractivity contribution in [3.63, 3.8) is 0 Å². The molecule has 0 amide bonds. The monoisotopic (exact) mass is 421 g/mol. The molecule has 0 heterocycles. The van der Waals surface area contributed by atoms with E-state index in [1.807, 2.05) is 34.6 Å². The summed E-state index contributed by atoms with van der Waals surface area (Å²) in [6.07, 6.45) is 0. The third kappa shape index (κ3) is 1.64. The second-order valence-electron chi connectivity index (χ2n) is 5.79. The molecule has 0 aliphatic heterocycles. The van der Waals surface area contributed by atoms with Gasteiger partial charge in [0.25, 0.3) is 0 Å². The summed E-state index contributed by atoms with van der Waals surface area (Å²) in [7, 11) is 0. The normalized spacial score (nSPS) is 21.6. The van der Waals surface area contributed by atoms with Crippen molar-refractivity contribution in [2.45, 2.75) is 39.9 Å². The predicted octanol–water partition coefficient (Wildman–Crippen LogP) is 2.94. The predicted molar refractivity (Wildman–Crippen MR) is 71.0 cm³/mol. The van der Waals surface area contributed by atoms with E-state index in [-0.39, 0.29) is 5.41 Å². The van der Waals surface area contributed by atoms with Gasteiger partial charge in [0.1, 0.15) is 0 Å². The third-order valence-corrected chi connectivity index (χ3v) is 16.7. The van der Waals surface area contributed by atoms with Crippen LogP contribution in [0.3, 0.4) is 0 Å². The quantitative estimate of drug-likeness (QED) is 0.657. The van der Waals surface area contributed by atoms with Crippen LogP contribution in [0.5, 0.6) is 0 Å². The van der Waals surface area contributed by atoms with E-state index in [9.17, 15) is 14.4 Å². The van der Waals surface area contributed by atoms with Gasteiger partial charge in [-0.25, -0.2) is 0 Å². The number of carbonyl (C=O) groups is 3. The zero-order chi connectivity index (χ0) is 14.4. The van der Waals surface area contributed by atoms with Gasteiger partial charge in [0.15, 0.2) is 0 Å². The standard InChI is InChI=1S/C10H15.3CHO.CH3.W/c1-7-6-10(4,5)9(3)8(7)2;3*1-2;;/h1-5H3;3*1H;1H3;. The van der Waals surface area contributed by atoms with Crippen molar-refractivity contribution in [1.82, 2.24) is 0 Å². The Bertz CT molecular complexity index is 485. The summed E-state index contributed by atoms with van der Waals surface area (Å²) in [4.78, 5) is 34.9. The fraction of sp³-hybridized carbons (Fsp3) is 0.500. The molecule has 0 unspecified atom stereocenters. The SMILES string of the molecule is CC1=C(C)C(C)(C)[C]([W]([CH3])([CH]=O)([CH]=O)[CH]=O)=C1C. The van der Waals surface area contributed by atoms with Crippen molar-refractivity contribution < 1.29 is 29.2 Å². The summed E-state index contributed by atoms with van der Waals surface area (Å²) in [5, 5.41) is 1.61. The van der Waals surface area contributed by atoms with Crippen LogP contribution in [0.25, 0.3) is 0 Å². The number of hydrogen-bond donors (Lipinski definition) is 0. The first-order valence-electron chi connectivity index (χ1n) is 5.78. The van der Waals surface area contributed by atoms with Crippen LogP contribution in [0.1, 0.15) is 34.6 Å². The van der Waals surface area contributed by atoms with E-state index < -0.39 is 14.8 Å². The molecule has 0 saturated heterocycles. The Morgan fingerprint density at radius 1 is 0.889 bits per heavy atom. The van der Waals surface area contributed by atoms with E-state index in [0.29, 0.717) is 14.0 Å². The molecule has 1 aliphatic carbocycles. The molecule has 18 heavy (non-hydrogen) atoms. The molecule has 3 nitrogen and oxygen atoms in total. The first-order valence-corrected chi connectivity index (χ1v) is 15.3. The van der Waals surface area contributed by atoms with Crippen LogP contribution in [-0.2, 0) is 29.2 Å². The molecule has 0 N–H and O–H groups in total. The van der Waals surface area contributed by atoms with Gasteiger partial charge < -0.3 is 0 Å². The summed E-state index contributed by atoms with van der Waals surface area (Å²) in [5.41, 5.74) is 2.82. The molecule has 1 aliphatic rings. The molecule has 101 valence electrons. The number of rotatable bonds is 4. The summed E-state index contributed by atoms with van der Waals surface area (Å²) in [6.45, 7) is 9.89. The minimum atomic E-state index is -4.75. The fourth-order valence-corrected chi connectivity index (χ4v) is 13.5. The van der Waals surface area contributed by atoms with Crippen molar-refractivity contribution in [2.24, 2.45) is 5.41 Å². The van der Waals surface area contributed by atoms with E-state index in [0.717, 1.165) is 20.7 Å². The Kier molecular flexibility index (Phi) is 3.46. The third-order valence-electron chi connectivity index (χ3n) is 4.29. The van der Waals surface area contributed by atoms with E-state index >= 15 is 0 Å². The zero-order valence-electron chi connectivity index (χ0n) is 11.9. The average Bonchev–Trinajstić information content (AvgIpc) is 2.50. The van der Waals surface area contributed by atoms with E-state index in [1.165, 1.54) is 0 Å². The van der Waals surface area contributed by atoms with Crippen molar-refractivity contribution >= 4 is 14.0 Å². The van der Waals surface area contributed by atoms with Gasteiger partial charge in [0.2, 0.25) is 0 Å². The number of carbonyl (C=O) groups excluding carboxylic acids is 3. The Labute approximate surface area is 109 Å². The molecular weight excluding hydrogens is 400 g/mol. The first-order chi connectivity index (χ1) is 8.08. The second kappa shape index (κ2) is 4.09. The van der Waals surface area contributed by atoms with Crippen molar-refractivity contribution in [3.05, 3.63) is 20.7 Å². The number of hydrogen-bond acceptors (Lipinski definition) is 3. The molecule has 0 atom stereocenters. The van der Waals surface area contributed by atoms with Crippen LogP contribution in [0.2, 0.25) is 5.31 Å². The van der Waals surface area contributed by atoms with Crippen molar-refractivity contribution in [2.75, 3.05) is 0 Å². The van der Waals surface area contributed by atoms with Gasteiger partial charge in [0.05, 0.1) is 0 Å². The maximum absolute atomic E-state index is 11.6. The summed E-state index contributed by atoms with van der Waals surface area (Å²) in [5.74, 6) is 0. The molecule has 0 spiro atoms. The van der Waals surface area contributed by atoms with Gasteiger partial charge in [-0.3, -0.25) is 0 Å². The van der Waals surface area contributed by atoms with Crippen LogP contribution >= 0.6 is 0 Å². The van der Waals surface area contributed by atoms with Gasteiger partial charge in [-0.05, 0) is 0 Å². The fourth-order valence-electron chi connectivity index (χ4n) is 2.89. The van der Waals surface area contributed by atoms with E-state index in [1.54, 1.807) is 5.31 Å². The molecule has 4 heteroatoms. The molecule has 0 radical (unpaired) electrons. The molecule has 0 aromatic carbocycles. The molecular formula is C14H21O3W. The van der Waals surface area contributed by atoms with Crippen molar-refractivity contribution in [3.8, 4) is 0 Å². The van der Waals surface area contributed by atoms with E-state index in [4.69, 9.17) is 0 Å². The topological polar surface area (TPSA) is 51.2 Å². The van der Waals surface area contributed by atoms with Gasteiger partial charge in [-0.15, -0.1) is 0 Å². The Balaban J connectivity index is 3.78. The minimum absolute atomic E-state index is 0.379.